The zero-order valence-electron chi connectivity index (χ0n) is 22.0. The minimum absolute atomic E-state index is 0.146. The molecule has 0 spiro atoms. The van der Waals surface area contributed by atoms with Crippen LogP contribution in [0.25, 0.3) is 16.7 Å². The number of hydrogen-bond acceptors (Lipinski definition) is 7. The number of amides is 1. The smallest absolute Gasteiger partial charge is 0.406 e. The first-order valence-electron chi connectivity index (χ1n) is 12.3. The van der Waals surface area contributed by atoms with E-state index in [1.165, 1.54) is 4.90 Å². The number of fused-ring (bicyclic) bond motifs is 1. The Morgan fingerprint density at radius 3 is 2.65 bits per heavy atom. The van der Waals surface area contributed by atoms with Crippen LogP contribution in [0.5, 0.6) is 5.75 Å². The Morgan fingerprint density at radius 2 is 2.02 bits per heavy atom. The molecular weight excluding hydrogens is 615 g/mol. The molecule has 0 atom stereocenters. The number of nitro groups is 1. The van der Waals surface area contributed by atoms with E-state index in [0.717, 1.165) is 29.3 Å². The van der Waals surface area contributed by atoms with Gasteiger partial charge in [0.25, 0.3) is 11.6 Å². The molecule has 0 aliphatic carbocycles. The Balaban J connectivity index is 1.54. The minimum atomic E-state index is -5.02. The third-order valence-corrected chi connectivity index (χ3v) is 8.32. The fourth-order valence-corrected chi connectivity index (χ4v) is 5.25. The summed E-state index contributed by atoms with van der Waals surface area (Å²) in [6.45, 7) is 8.18. The highest BCUT2D eigenvalue weighted by atomic mass is 79.9. The van der Waals surface area contributed by atoms with E-state index in [4.69, 9.17) is 4.74 Å². The molecule has 3 aromatic rings. The summed E-state index contributed by atoms with van der Waals surface area (Å²) in [5, 5.41) is 11.5. The van der Waals surface area contributed by atoms with Gasteiger partial charge in [-0.2, -0.15) is 0 Å². The number of carbonyl (C=O) groups is 1. The number of carbonyl (C=O) groups excluding carboxylic acids is 1. The quantitative estimate of drug-likeness (QED) is 0.118. The molecule has 4 rings (SSSR count). The van der Waals surface area contributed by atoms with Crippen LogP contribution in [0.4, 0.5) is 18.9 Å². The molecule has 0 unspecified atom stereocenters. The van der Waals surface area contributed by atoms with Crippen LogP contribution in [0.2, 0.25) is 25.7 Å². The van der Waals surface area contributed by atoms with Crippen molar-refractivity contribution < 1.29 is 32.4 Å². The largest absolute Gasteiger partial charge is 0.573 e. The lowest BCUT2D eigenvalue weighted by Gasteiger charge is -2.26. The normalized spacial score (nSPS) is 14.4. The summed E-state index contributed by atoms with van der Waals surface area (Å²) in [7, 11) is -1.24. The van der Waals surface area contributed by atoms with E-state index in [-0.39, 0.29) is 18.7 Å². The van der Waals surface area contributed by atoms with Crippen molar-refractivity contribution in [2.24, 2.45) is 0 Å². The lowest BCUT2D eigenvalue weighted by Crippen LogP contribution is -2.35. The summed E-state index contributed by atoms with van der Waals surface area (Å²) < 4.78 is 49.8. The Labute approximate surface area is 237 Å². The number of rotatable bonds is 9. The summed E-state index contributed by atoms with van der Waals surface area (Å²) in [4.78, 5) is 34.3. The highest BCUT2D eigenvalue weighted by Gasteiger charge is 2.33. The second-order valence-electron chi connectivity index (χ2n) is 10.4. The average molecular weight is 643 g/mol. The van der Waals surface area contributed by atoms with Gasteiger partial charge in [-0.1, -0.05) is 25.7 Å². The first-order chi connectivity index (χ1) is 18.7. The first kappa shape index (κ1) is 29.7. The van der Waals surface area contributed by atoms with E-state index in [2.05, 4.69) is 50.3 Å². The van der Waals surface area contributed by atoms with Crippen LogP contribution in [-0.2, 0) is 11.5 Å². The van der Waals surface area contributed by atoms with Gasteiger partial charge >= 0.3 is 6.36 Å². The summed E-state index contributed by atoms with van der Waals surface area (Å²) in [5.74, 6) is -1.44. The number of benzene rings is 1. The van der Waals surface area contributed by atoms with Gasteiger partial charge in [0.2, 0.25) is 0 Å². The monoisotopic (exact) mass is 641 g/mol. The molecule has 0 fully saturated rings. The van der Waals surface area contributed by atoms with E-state index in [1.807, 2.05) is 16.8 Å². The molecule has 1 aliphatic heterocycles. The molecule has 0 saturated heterocycles. The van der Waals surface area contributed by atoms with Crippen LogP contribution in [0.1, 0.15) is 22.3 Å². The Kier molecular flexibility index (Phi) is 8.65. The molecule has 15 heteroatoms. The number of nitrogens with zero attached hydrogens (tertiary/aromatic N) is 5. The van der Waals surface area contributed by atoms with Crippen LogP contribution in [0.3, 0.4) is 0 Å². The van der Waals surface area contributed by atoms with E-state index in [0.29, 0.717) is 41.6 Å². The van der Waals surface area contributed by atoms with E-state index < -0.39 is 36.7 Å². The molecule has 0 saturated carbocycles. The van der Waals surface area contributed by atoms with Crippen molar-refractivity contribution >= 4 is 52.3 Å². The Bertz CT molecular complexity index is 1470. The summed E-state index contributed by atoms with van der Waals surface area (Å²) >= 11 is 3.37. The van der Waals surface area contributed by atoms with Gasteiger partial charge in [0.05, 0.1) is 17.2 Å². The lowest BCUT2D eigenvalue weighted by atomic mass is 10.0. The molecule has 2 aromatic heterocycles. The van der Waals surface area contributed by atoms with E-state index >= 15 is 0 Å². The predicted octanol–water partition coefficient (Wildman–Crippen LogP) is 6.24. The molecule has 3 heterocycles. The maximum Gasteiger partial charge on any atom is 0.573 e. The topological polar surface area (TPSA) is 113 Å². The Morgan fingerprint density at radius 1 is 1.27 bits per heavy atom. The highest BCUT2D eigenvalue weighted by Crippen LogP contribution is 2.33. The molecule has 1 amide bonds. The zero-order valence-corrected chi connectivity index (χ0v) is 24.6. The SMILES string of the molecule is C[Si](C)(C)CCOCn1cc(C2=CCN(C(=O)c3ccc(OC(F)(F)F)cc3[N+](=O)[O-])CC2)c2nc(Br)cnc21. The summed E-state index contributed by atoms with van der Waals surface area (Å²) in [6.07, 6.45) is 0.773. The highest BCUT2D eigenvalue weighted by molar-refractivity contribution is 9.10. The van der Waals surface area contributed by atoms with Gasteiger partial charge in [-0.25, -0.2) is 9.97 Å². The van der Waals surface area contributed by atoms with Crippen molar-refractivity contribution in [2.75, 3.05) is 19.7 Å². The summed E-state index contributed by atoms with van der Waals surface area (Å²) in [6, 6.07) is 3.49. The third-order valence-electron chi connectivity index (χ3n) is 6.23. The molecule has 40 heavy (non-hydrogen) atoms. The van der Waals surface area contributed by atoms with Crippen LogP contribution in [0, 0.1) is 10.1 Å². The van der Waals surface area contributed by atoms with Crippen LogP contribution in [0.15, 0.2) is 41.3 Å². The molecule has 0 bridgehead atoms. The first-order valence-corrected chi connectivity index (χ1v) is 16.8. The van der Waals surface area contributed by atoms with Crippen LogP contribution in [-0.4, -0.2) is 64.4 Å². The molecule has 1 aromatic carbocycles. The molecule has 0 radical (unpaired) electrons. The van der Waals surface area contributed by atoms with Gasteiger partial charge in [0.15, 0.2) is 5.65 Å². The number of aromatic nitrogens is 3. The number of alkyl halides is 3. The zero-order chi connectivity index (χ0) is 29.2. The molecule has 214 valence electrons. The fraction of sp³-hybridized carbons (Fsp3) is 0.400. The lowest BCUT2D eigenvalue weighted by molar-refractivity contribution is -0.385. The van der Waals surface area contributed by atoms with Crippen LogP contribution < -0.4 is 4.74 Å². The fourth-order valence-electron chi connectivity index (χ4n) is 4.21. The maximum absolute atomic E-state index is 13.1. The molecule has 10 nitrogen and oxygen atoms in total. The van der Waals surface area contributed by atoms with Crippen molar-refractivity contribution in [3.63, 3.8) is 0 Å². The number of halogens is 4. The maximum atomic E-state index is 13.1. The van der Waals surface area contributed by atoms with Crippen LogP contribution >= 0.6 is 15.9 Å². The van der Waals surface area contributed by atoms with Gasteiger partial charge < -0.3 is 18.9 Å². The summed E-state index contributed by atoms with van der Waals surface area (Å²) in [5.41, 5.74) is 2.00. The molecule has 1 aliphatic rings. The molecule has 0 N–H and O–H groups in total. The standard InChI is InChI=1S/C25H27BrF3N5O5Si/c1-40(2,3)11-10-38-15-33-14-19(22-23(33)30-13-21(26)31-22)16-6-8-32(9-7-16)24(35)18-5-4-17(39-25(27,28)29)12-20(18)34(36)37/h4-6,12-14H,7-11,15H2,1-3H3. The third kappa shape index (κ3) is 7.25. The van der Waals surface area contributed by atoms with Gasteiger partial charge in [-0.05, 0) is 46.1 Å². The number of ether oxygens (including phenoxy) is 2. The van der Waals surface area contributed by atoms with Crippen molar-refractivity contribution in [1.82, 2.24) is 19.4 Å². The van der Waals surface area contributed by atoms with Crippen molar-refractivity contribution in [2.45, 2.75) is 45.2 Å². The Hall–Kier alpha value is -3.30. The second-order valence-corrected chi connectivity index (χ2v) is 16.9. The number of hydrogen-bond donors (Lipinski definition) is 0. The van der Waals surface area contributed by atoms with Gasteiger partial charge in [-0.3, -0.25) is 14.9 Å². The van der Waals surface area contributed by atoms with Gasteiger partial charge in [0, 0.05) is 39.5 Å². The van der Waals surface area contributed by atoms with E-state index in [9.17, 15) is 28.1 Å². The second kappa shape index (κ2) is 11.7. The average Bonchev–Trinajstić information content (AvgIpc) is 3.22. The van der Waals surface area contributed by atoms with Gasteiger partial charge in [0.1, 0.15) is 28.2 Å². The van der Waals surface area contributed by atoms with Crippen molar-refractivity contribution in [3.8, 4) is 5.75 Å². The van der Waals surface area contributed by atoms with Gasteiger partial charge in [-0.15, -0.1) is 13.2 Å². The predicted molar refractivity (Wildman–Crippen MR) is 148 cm³/mol. The van der Waals surface area contributed by atoms with Crippen molar-refractivity contribution in [1.29, 1.82) is 0 Å². The van der Waals surface area contributed by atoms with E-state index in [1.54, 1.807) is 6.20 Å². The molecular formula is C25H27BrF3N5O5Si. The van der Waals surface area contributed by atoms with Crippen molar-refractivity contribution in [3.05, 3.63) is 62.5 Å². The minimum Gasteiger partial charge on any atom is -0.406 e. The number of nitro benzene ring substituents is 1.